The van der Waals surface area contributed by atoms with Crippen molar-refractivity contribution >= 4 is 32.9 Å². The lowest BCUT2D eigenvalue weighted by Gasteiger charge is -2.28. The lowest BCUT2D eigenvalue weighted by atomic mass is 9.89. The zero-order chi connectivity index (χ0) is 17.4. The van der Waals surface area contributed by atoms with Crippen LogP contribution in [0.1, 0.15) is 5.56 Å². The third kappa shape index (κ3) is 2.91. The molecule has 0 spiro atoms. The molecule has 1 aliphatic heterocycles. The third-order valence-corrected chi connectivity index (χ3v) is 5.04. The lowest BCUT2D eigenvalue weighted by molar-refractivity contribution is -0.385. The lowest BCUT2D eigenvalue weighted by Crippen LogP contribution is -2.30. The standard InChI is InChI=1S/C20H15BrN2O2/c21-16-7-9-20(23(24)25)18(13-16)14-6-8-19-15(12-14)10-11-22(19)17-4-2-1-3-5-17/h1-13,15,19H. The number of hydrogen-bond donors (Lipinski definition) is 0. The van der Waals surface area contributed by atoms with Crippen LogP contribution in [0.4, 0.5) is 11.4 Å². The van der Waals surface area contributed by atoms with Gasteiger partial charge in [0.15, 0.2) is 0 Å². The minimum Gasteiger partial charge on any atom is -0.340 e. The van der Waals surface area contributed by atoms with E-state index >= 15 is 0 Å². The summed E-state index contributed by atoms with van der Waals surface area (Å²) in [5.41, 5.74) is 2.79. The van der Waals surface area contributed by atoms with Gasteiger partial charge in [0.05, 0.1) is 16.5 Å². The summed E-state index contributed by atoms with van der Waals surface area (Å²) in [6, 6.07) is 15.5. The molecule has 0 saturated carbocycles. The Hall–Kier alpha value is -2.66. The first-order valence-corrected chi connectivity index (χ1v) is 8.79. The smallest absolute Gasteiger partial charge is 0.277 e. The highest BCUT2D eigenvalue weighted by Crippen LogP contribution is 2.38. The zero-order valence-corrected chi connectivity index (χ0v) is 14.8. The van der Waals surface area contributed by atoms with Crippen molar-refractivity contribution in [2.24, 2.45) is 5.92 Å². The summed E-state index contributed by atoms with van der Waals surface area (Å²) in [7, 11) is 0. The summed E-state index contributed by atoms with van der Waals surface area (Å²) in [5.74, 6) is 0.193. The molecule has 0 N–H and O–H groups in total. The van der Waals surface area contributed by atoms with E-state index in [1.165, 1.54) is 0 Å². The van der Waals surface area contributed by atoms with Gasteiger partial charge >= 0.3 is 0 Å². The van der Waals surface area contributed by atoms with E-state index in [1.54, 1.807) is 12.1 Å². The predicted octanol–water partition coefficient (Wildman–Crippen LogP) is 5.33. The van der Waals surface area contributed by atoms with E-state index < -0.39 is 0 Å². The first-order valence-electron chi connectivity index (χ1n) is 7.99. The molecule has 0 fully saturated rings. The number of fused-ring (bicyclic) bond motifs is 1. The minimum absolute atomic E-state index is 0.124. The van der Waals surface area contributed by atoms with Crippen LogP contribution < -0.4 is 4.90 Å². The number of rotatable bonds is 3. The molecule has 4 nitrogen and oxygen atoms in total. The van der Waals surface area contributed by atoms with Crippen LogP contribution in [0.25, 0.3) is 5.57 Å². The Morgan fingerprint density at radius 2 is 1.88 bits per heavy atom. The summed E-state index contributed by atoms with van der Waals surface area (Å²) in [6.07, 6.45) is 10.4. The van der Waals surface area contributed by atoms with Crippen molar-refractivity contribution in [1.29, 1.82) is 0 Å². The fourth-order valence-corrected chi connectivity index (χ4v) is 3.73. The molecule has 2 aromatic carbocycles. The molecule has 0 aromatic heterocycles. The highest BCUT2D eigenvalue weighted by Gasteiger charge is 2.30. The van der Waals surface area contributed by atoms with Crippen molar-refractivity contribution in [3.8, 4) is 0 Å². The van der Waals surface area contributed by atoms with E-state index in [9.17, 15) is 10.1 Å². The average molecular weight is 395 g/mol. The van der Waals surface area contributed by atoms with Crippen LogP contribution in [0.3, 0.4) is 0 Å². The summed E-state index contributed by atoms with van der Waals surface area (Å²) < 4.78 is 0.831. The second kappa shape index (κ2) is 6.33. The number of allylic oxidation sites excluding steroid dienone is 2. The molecule has 124 valence electrons. The van der Waals surface area contributed by atoms with E-state index in [2.05, 4.69) is 57.4 Å². The highest BCUT2D eigenvalue weighted by molar-refractivity contribution is 9.10. The fourth-order valence-electron chi connectivity index (χ4n) is 3.37. The summed E-state index contributed by atoms with van der Waals surface area (Å²) in [6.45, 7) is 0. The van der Waals surface area contributed by atoms with Crippen molar-refractivity contribution in [3.63, 3.8) is 0 Å². The largest absolute Gasteiger partial charge is 0.340 e. The van der Waals surface area contributed by atoms with Gasteiger partial charge in [-0.25, -0.2) is 0 Å². The van der Waals surface area contributed by atoms with Gasteiger partial charge in [0.2, 0.25) is 0 Å². The van der Waals surface area contributed by atoms with Gasteiger partial charge in [0.1, 0.15) is 0 Å². The van der Waals surface area contributed by atoms with Crippen LogP contribution in [-0.2, 0) is 0 Å². The van der Waals surface area contributed by atoms with E-state index in [1.807, 2.05) is 30.3 Å². The molecule has 2 aliphatic rings. The van der Waals surface area contributed by atoms with Crippen molar-refractivity contribution in [2.45, 2.75) is 6.04 Å². The molecule has 0 bridgehead atoms. The monoisotopic (exact) mass is 394 g/mol. The van der Waals surface area contributed by atoms with Gasteiger partial charge in [-0.2, -0.15) is 0 Å². The molecule has 2 aromatic rings. The van der Waals surface area contributed by atoms with Crippen LogP contribution in [0.5, 0.6) is 0 Å². The summed E-state index contributed by atoms with van der Waals surface area (Å²) in [4.78, 5) is 13.3. The molecule has 0 saturated heterocycles. The molecule has 25 heavy (non-hydrogen) atoms. The van der Waals surface area contributed by atoms with Crippen molar-refractivity contribution in [1.82, 2.24) is 0 Å². The Bertz CT molecular complexity index is 919. The van der Waals surface area contributed by atoms with Crippen LogP contribution in [0.15, 0.2) is 83.5 Å². The van der Waals surface area contributed by atoms with Crippen molar-refractivity contribution < 1.29 is 4.92 Å². The fraction of sp³-hybridized carbons (Fsp3) is 0.100. The van der Waals surface area contributed by atoms with E-state index in [0.29, 0.717) is 5.56 Å². The molecule has 0 radical (unpaired) electrons. The number of nitro groups is 1. The Morgan fingerprint density at radius 1 is 1.08 bits per heavy atom. The summed E-state index contributed by atoms with van der Waals surface area (Å²) in [5, 5.41) is 11.4. The number of para-hydroxylation sites is 1. The van der Waals surface area contributed by atoms with Crippen LogP contribution >= 0.6 is 15.9 Å². The number of benzene rings is 2. The van der Waals surface area contributed by atoms with Gasteiger partial charge in [-0.15, -0.1) is 0 Å². The van der Waals surface area contributed by atoms with Gasteiger partial charge in [0, 0.05) is 28.3 Å². The minimum atomic E-state index is -0.330. The quantitative estimate of drug-likeness (QED) is 0.521. The number of halogens is 1. The van der Waals surface area contributed by atoms with Gasteiger partial charge < -0.3 is 4.90 Å². The maximum atomic E-state index is 11.4. The molecule has 2 unspecified atom stereocenters. The third-order valence-electron chi connectivity index (χ3n) is 4.55. The molecule has 0 amide bonds. The maximum absolute atomic E-state index is 11.4. The van der Waals surface area contributed by atoms with Crippen molar-refractivity contribution in [3.05, 3.63) is 99.2 Å². The van der Waals surface area contributed by atoms with E-state index in [-0.39, 0.29) is 22.6 Å². The molecule has 1 heterocycles. The molecular formula is C20H15BrN2O2. The molecule has 2 atom stereocenters. The Morgan fingerprint density at radius 3 is 2.64 bits per heavy atom. The van der Waals surface area contributed by atoms with Crippen LogP contribution in [0, 0.1) is 16.0 Å². The zero-order valence-electron chi connectivity index (χ0n) is 13.2. The predicted molar refractivity (Wildman–Crippen MR) is 103 cm³/mol. The number of hydrogen-bond acceptors (Lipinski definition) is 3. The van der Waals surface area contributed by atoms with Gasteiger partial charge in [-0.1, -0.05) is 58.4 Å². The SMILES string of the molecule is O=[N+]([O-])c1ccc(Br)cc1C1=CC2C=CN(c3ccccc3)C2C=C1. The summed E-state index contributed by atoms with van der Waals surface area (Å²) >= 11 is 3.41. The number of nitrogens with zero attached hydrogens (tertiary/aromatic N) is 2. The van der Waals surface area contributed by atoms with Crippen LogP contribution in [0.2, 0.25) is 0 Å². The normalized spacial score (nSPS) is 21.2. The average Bonchev–Trinajstić information content (AvgIpc) is 3.05. The second-order valence-corrected chi connectivity index (χ2v) is 6.97. The molecule has 1 aliphatic carbocycles. The maximum Gasteiger partial charge on any atom is 0.277 e. The van der Waals surface area contributed by atoms with Gasteiger partial charge in [-0.05, 0) is 29.8 Å². The highest BCUT2D eigenvalue weighted by atomic mass is 79.9. The van der Waals surface area contributed by atoms with Gasteiger partial charge in [-0.3, -0.25) is 10.1 Å². The molecule has 5 heteroatoms. The topological polar surface area (TPSA) is 46.4 Å². The first-order chi connectivity index (χ1) is 12.1. The Kier molecular flexibility index (Phi) is 4.01. The Balaban J connectivity index is 1.68. The number of nitro benzene ring substituents is 1. The van der Waals surface area contributed by atoms with E-state index in [0.717, 1.165) is 15.7 Å². The van der Waals surface area contributed by atoms with Crippen molar-refractivity contribution in [2.75, 3.05) is 4.90 Å². The molecule has 4 rings (SSSR count). The first kappa shape index (κ1) is 15.8. The Labute approximate surface area is 154 Å². The van der Waals surface area contributed by atoms with Crippen LogP contribution in [-0.4, -0.2) is 11.0 Å². The number of anilines is 1. The second-order valence-electron chi connectivity index (χ2n) is 6.05. The van der Waals surface area contributed by atoms with E-state index in [4.69, 9.17) is 0 Å². The molecular weight excluding hydrogens is 380 g/mol. The van der Waals surface area contributed by atoms with Gasteiger partial charge in [0.25, 0.3) is 5.69 Å².